The third kappa shape index (κ3) is 7.92. The van der Waals surface area contributed by atoms with Gasteiger partial charge in [0.2, 0.25) is 6.29 Å². The number of fused-ring (bicyclic) bond motifs is 1. The molecule has 1 aromatic rings. The average Bonchev–Trinajstić information content (AvgIpc) is 3.34. The molecule has 238 valence electrons. The molecule has 0 bridgehead atoms. The molecule has 10 atom stereocenters. The lowest BCUT2D eigenvalue weighted by Gasteiger charge is -2.40. The van der Waals surface area contributed by atoms with Crippen molar-refractivity contribution in [2.75, 3.05) is 19.8 Å². The van der Waals surface area contributed by atoms with Crippen LogP contribution in [-0.4, -0.2) is 105 Å². The van der Waals surface area contributed by atoms with Gasteiger partial charge in [0.1, 0.15) is 36.3 Å². The molecule has 1 aliphatic carbocycles. The summed E-state index contributed by atoms with van der Waals surface area (Å²) in [6.45, 7) is 2.54. The Morgan fingerprint density at radius 1 is 1.00 bits per heavy atom. The van der Waals surface area contributed by atoms with E-state index in [1.54, 1.807) is 12.1 Å². The molecule has 0 amide bonds. The van der Waals surface area contributed by atoms with E-state index in [0.717, 1.165) is 0 Å². The summed E-state index contributed by atoms with van der Waals surface area (Å²) in [7, 11) is 0. The number of aliphatic hydroxyl groups excluding tert-OH is 5. The number of aromatic hydroxyl groups is 1. The van der Waals surface area contributed by atoms with E-state index in [0.29, 0.717) is 11.1 Å². The molecule has 43 heavy (non-hydrogen) atoms. The van der Waals surface area contributed by atoms with Crippen LogP contribution in [-0.2, 0) is 33.3 Å². The van der Waals surface area contributed by atoms with Crippen molar-refractivity contribution in [2.45, 2.75) is 69.8 Å². The van der Waals surface area contributed by atoms with Crippen molar-refractivity contribution in [2.24, 2.45) is 23.7 Å². The molecule has 3 aliphatic rings. The smallest absolute Gasteiger partial charge is 0.331 e. The molecule has 2 aliphatic heterocycles. The summed E-state index contributed by atoms with van der Waals surface area (Å²) in [6, 6.07) is 6.21. The first kappa shape index (κ1) is 32.9. The van der Waals surface area contributed by atoms with E-state index < -0.39 is 86.0 Å². The monoisotopic (exact) mass is 608 g/mol. The lowest BCUT2D eigenvalue weighted by molar-refractivity contribution is -0.299. The minimum Gasteiger partial charge on any atom is -0.508 e. The Labute approximate surface area is 248 Å². The number of aliphatic hydroxyl groups is 5. The number of phenolic OH excluding ortho intramolecular Hbond substituents is 1. The lowest BCUT2D eigenvalue weighted by Crippen LogP contribution is -2.59. The third-order valence-electron chi connectivity index (χ3n) is 7.94. The van der Waals surface area contributed by atoms with Gasteiger partial charge in [-0.3, -0.25) is 4.79 Å². The van der Waals surface area contributed by atoms with E-state index in [9.17, 15) is 40.2 Å². The largest absolute Gasteiger partial charge is 0.508 e. The van der Waals surface area contributed by atoms with Gasteiger partial charge < -0.3 is 54.3 Å². The number of ether oxygens (including phenoxy) is 5. The van der Waals surface area contributed by atoms with Crippen molar-refractivity contribution in [1.82, 2.24) is 0 Å². The molecule has 0 spiro atoms. The number of carbonyl (C=O) groups is 2. The number of hydrogen-bond donors (Lipinski definition) is 6. The van der Waals surface area contributed by atoms with Crippen LogP contribution < -0.4 is 0 Å². The van der Waals surface area contributed by atoms with Gasteiger partial charge >= 0.3 is 11.9 Å². The molecule has 2 heterocycles. The van der Waals surface area contributed by atoms with Crippen LogP contribution in [0.3, 0.4) is 0 Å². The van der Waals surface area contributed by atoms with Crippen LogP contribution in [0.2, 0.25) is 0 Å². The number of benzene rings is 1. The molecule has 0 unspecified atom stereocenters. The average molecular weight is 609 g/mol. The minimum atomic E-state index is -1.62. The Morgan fingerprint density at radius 3 is 2.37 bits per heavy atom. The van der Waals surface area contributed by atoms with Crippen LogP contribution in [0, 0.1) is 23.7 Å². The molecule has 1 saturated heterocycles. The second-order valence-corrected chi connectivity index (χ2v) is 11.5. The van der Waals surface area contributed by atoms with Gasteiger partial charge in [-0.25, -0.2) is 4.79 Å². The van der Waals surface area contributed by atoms with Gasteiger partial charge in [-0.2, -0.15) is 0 Å². The predicted molar refractivity (Wildman–Crippen MR) is 147 cm³/mol. The third-order valence-corrected chi connectivity index (χ3v) is 7.94. The summed E-state index contributed by atoms with van der Waals surface area (Å²) >= 11 is 0. The van der Waals surface area contributed by atoms with E-state index in [1.807, 2.05) is 13.8 Å². The minimum absolute atomic E-state index is 0.0382. The Bertz CT molecular complexity index is 1150. The zero-order valence-corrected chi connectivity index (χ0v) is 24.0. The number of hydrogen-bond acceptors (Lipinski definition) is 13. The molecule has 13 heteroatoms. The highest BCUT2D eigenvalue weighted by molar-refractivity contribution is 5.87. The summed E-state index contributed by atoms with van der Waals surface area (Å²) in [4.78, 5) is 25.3. The molecule has 0 radical (unpaired) electrons. The van der Waals surface area contributed by atoms with Crippen molar-refractivity contribution < 1.29 is 63.9 Å². The van der Waals surface area contributed by atoms with Gasteiger partial charge in [-0.05, 0) is 47.6 Å². The number of esters is 2. The Balaban J connectivity index is 1.50. The first-order valence-corrected chi connectivity index (χ1v) is 14.3. The quantitative estimate of drug-likeness (QED) is 0.147. The van der Waals surface area contributed by atoms with Crippen molar-refractivity contribution in [3.8, 4) is 5.75 Å². The van der Waals surface area contributed by atoms with Gasteiger partial charge in [-0.1, -0.05) is 26.0 Å². The maximum atomic E-state index is 12.7. The maximum Gasteiger partial charge on any atom is 0.331 e. The van der Waals surface area contributed by atoms with Gasteiger partial charge in [-0.15, -0.1) is 0 Å². The van der Waals surface area contributed by atoms with Crippen LogP contribution >= 0.6 is 0 Å². The van der Waals surface area contributed by atoms with Crippen LogP contribution in [0.25, 0.3) is 6.08 Å². The molecular formula is C30H40O13. The standard InChI is InChI=1S/C30H40O13/c1-15(2)9-24(35)43-29-25-19(17(13-39-29)14-40-30-28(38)27(37)26(36)22(12-32)42-30)10-21(20(25)11-31)41-23(34)8-5-16-3-6-18(33)7-4-16/h3-8,13,15,19-22,25-33,36-38H,9-12,14H2,1-2H3/t19-,20+,21+,22-,25+,26-,27+,28-,29+,30-/m1/s1. The molecule has 1 saturated carbocycles. The second-order valence-electron chi connectivity index (χ2n) is 11.5. The van der Waals surface area contributed by atoms with E-state index in [4.69, 9.17) is 23.7 Å². The van der Waals surface area contributed by atoms with E-state index in [-0.39, 0.29) is 31.1 Å². The topological polar surface area (TPSA) is 202 Å². The van der Waals surface area contributed by atoms with Gasteiger partial charge in [0.05, 0.1) is 19.5 Å². The fourth-order valence-electron chi connectivity index (χ4n) is 5.71. The number of phenols is 1. The van der Waals surface area contributed by atoms with Crippen LogP contribution in [0.1, 0.15) is 32.3 Å². The molecule has 6 N–H and O–H groups in total. The van der Waals surface area contributed by atoms with E-state index >= 15 is 0 Å². The van der Waals surface area contributed by atoms with Crippen LogP contribution in [0.15, 0.2) is 42.2 Å². The fraction of sp³-hybridized carbons (Fsp3) is 0.600. The normalized spacial score (nSPS) is 34.0. The summed E-state index contributed by atoms with van der Waals surface area (Å²) < 4.78 is 28.3. The lowest BCUT2D eigenvalue weighted by atomic mass is 9.83. The van der Waals surface area contributed by atoms with Crippen molar-refractivity contribution in [3.05, 3.63) is 47.7 Å². The maximum absolute atomic E-state index is 12.7. The Morgan fingerprint density at radius 2 is 1.72 bits per heavy atom. The zero-order valence-electron chi connectivity index (χ0n) is 24.0. The predicted octanol–water partition coefficient (Wildman–Crippen LogP) is 0.208. The van der Waals surface area contributed by atoms with E-state index in [2.05, 4.69) is 0 Å². The fourth-order valence-corrected chi connectivity index (χ4v) is 5.71. The number of carbonyl (C=O) groups excluding carboxylic acids is 2. The first-order valence-electron chi connectivity index (χ1n) is 14.3. The molecule has 1 aromatic carbocycles. The summed E-state index contributed by atoms with van der Waals surface area (Å²) in [5, 5.41) is 59.8. The summed E-state index contributed by atoms with van der Waals surface area (Å²) in [5.41, 5.74) is 1.20. The molecular weight excluding hydrogens is 568 g/mol. The van der Waals surface area contributed by atoms with Crippen molar-refractivity contribution in [3.63, 3.8) is 0 Å². The second kappa shape index (κ2) is 14.6. The molecule has 2 fully saturated rings. The SMILES string of the molecule is CC(C)CC(=O)O[C@@H]1OC=C(CO[C@@H]2O[C@H](CO)[C@@H](O)[C@H](O)[C@H]2O)[C@H]2C[C@H](OC(=O)C=Cc3ccc(O)cc3)[C@H](CO)[C@@H]12. The van der Waals surface area contributed by atoms with Crippen LogP contribution in [0.4, 0.5) is 0 Å². The highest BCUT2D eigenvalue weighted by Gasteiger charge is 2.54. The summed E-state index contributed by atoms with van der Waals surface area (Å²) in [5.74, 6) is -2.73. The molecule has 4 rings (SSSR count). The van der Waals surface area contributed by atoms with E-state index in [1.165, 1.54) is 30.5 Å². The zero-order chi connectivity index (χ0) is 31.3. The van der Waals surface area contributed by atoms with Crippen molar-refractivity contribution in [1.29, 1.82) is 0 Å². The van der Waals surface area contributed by atoms with Gasteiger partial charge in [0, 0.05) is 30.9 Å². The van der Waals surface area contributed by atoms with Gasteiger partial charge in [0.15, 0.2) is 6.29 Å². The van der Waals surface area contributed by atoms with Crippen LogP contribution in [0.5, 0.6) is 5.75 Å². The number of rotatable bonds is 11. The van der Waals surface area contributed by atoms with Gasteiger partial charge in [0.25, 0.3) is 0 Å². The molecule has 13 nitrogen and oxygen atoms in total. The Kier molecular flexibility index (Phi) is 11.2. The van der Waals surface area contributed by atoms with Crippen molar-refractivity contribution >= 4 is 18.0 Å². The highest BCUT2D eigenvalue weighted by atomic mass is 16.7. The molecule has 0 aromatic heterocycles. The highest BCUT2D eigenvalue weighted by Crippen LogP contribution is 2.48. The summed E-state index contributed by atoms with van der Waals surface area (Å²) in [6.07, 6.45) is -4.63. The Hall–Kier alpha value is -3.04. The first-order chi connectivity index (χ1) is 20.5.